The van der Waals surface area contributed by atoms with E-state index in [-0.39, 0.29) is 0 Å². The molecule has 1 heterocycles. The van der Waals surface area contributed by atoms with Crippen molar-refractivity contribution in [3.8, 4) is 11.3 Å². The Morgan fingerprint density at radius 3 is 2.50 bits per heavy atom. The molecule has 1 aromatic heterocycles. The van der Waals surface area contributed by atoms with Gasteiger partial charge in [0.2, 0.25) is 0 Å². The SMILES string of the molecule is [NH]c1ccc(-c2cnco2)cc1. The molecule has 0 saturated carbocycles. The Balaban J connectivity index is 2.43. The summed E-state index contributed by atoms with van der Waals surface area (Å²) in [5, 5.41) is 0. The van der Waals surface area contributed by atoms with Crippen LogP contribution in [0.25, 0.3) is 11.3 Å². The van der Waals surface area contributed by atoms with E-state index in [4.69, 9.17) is 10.2 Å². The van der Waals surface area contributed by atoms with Gasteiger partial charge in [-0.3, -0.25) is 0 Å². The van der Waals surface area contributed by atoms with Crippen molar-refractivity contribution in [1.82, 2.24) is 10.7 Å². The molecule has 3 nitrogen and oxygen atoms in total. The number of rotatable bonds is 1. The number of aromatic nitrogens is 1. The van der Waals surface area contributed by atoms with Gasteiger partial charge in [-0.2, -0.15) is 0 Å². The number of benzene rings is 1. The standard InChI is InChI=1S/C9H7N2O/c10-8-3-1-7(2-4-8)9-5-11-6-12-9/h1-6,10H. The van der Waals surface area contributed by atoms with Gasteiger partial charge in [0.15, 0.2) is 12.2 Å². The van der Waals surface area contributed by atoms with Crippen LogP contribution in [0.1, 0.15) is 0 Å². The van der Waals surface area contributed by atoms with Crippen LogP contribution in [0.3, 0.4) is 0 Å². The van der Waals surface area contributed by atoms with Gasteiger partial charge >= 0.3 is 0 Å². The highest BCUT2D eigenvalue weighted by Crippen LogP contribution is 2.19. The Morgan fingerprint density at radius 1 is 1.17 bits per heavy atom. The summed E-state index contributed by atoms with van der Waals surface area (Å²) in [6.45, 7) is 0. The summed E-state index contributed by atoms with van der Waals surface area (Å²) in [4.78, 5) is 3.81. The summed E-state index contributed by atoms with van der Waals surface area (Å²) in [5.41, 5.74) is 8.72. The maximum absolute atomic E-state index is 7.27. The molecule has 2 aromatic rings. The highest BCUT2D eigenvalue weighted by Gasteiger charge is 1.98. The molecule has 0 unspecified atom stereocenters. The van der Waals surface area contributed by atoms with E-state index in [0.29, 0.717) is 5.69 Å². The number of hydrogen-bond donors (Lipinski definition) is 0. The molecule has 1 N–H and O–H groups in total. The number of hydrogen-bond acceptors (Lipinski definition) is 2. The van der Waals surface area contributed by atoms with Crippen molar-refractivity contribution in [3.63, 3.8) is 0 Å². The first kappa shape index (κ1) is 6.91. The first-order valence-corrected chi connectivity index (χ1v) is 3.57. The van der Waals surface area contributed by atoms with E-state index in [0.717, 1.165) is 11.3 Å². The minimum absolute atomic E-state index is 0.498. The van der Waals surface area contributed by atoms with Gasteiger partial charge in [0.1, 0.15) is 0 Å². The van der Waals surface area contributed by atoms with Crippen LogP contribution in [-0.2, 0) is 0 Å². The number of oxazole rings is 1. The van der Waals surface area contributed by atoms with Gasteiger partial charge in [-0.15, -0.1) is 0 Å². The van der Waals surface area contributed by atoms with Gasteiger partial charge in [0.05, 0.1) is 11.9 Å². The molecular formula is C9H7N2O. The fraction of sp³-hybridized carbons (Fsp3) is 0. The first-order valence-electron chi connectivity index (χ1n) is 3.57. The quantitative estimate of drug-likeness (QED) is 0.640. The average molecular weight is 159 g/mol. The molecule has 12 heavy (non-hydrogen) atoms. The van der Waals surface area contributed by atoms with Crippen LogP contribution in [0, 0.1) is 0 Å². The van der Waals surface area contributed by atoms with E-state index >= 15 is 0 Å². The smallest absolute Gasteiger partial charge is 0.181 e. The van der Waals surface area contributed by atoms with Crippen molar-refractivity contribution in [1.29, 1.82) is 0 Å². The van der Waals surface area contributed by atoms with Crippen molar-refractivity contribution in [2.45, 2.75) is 0 Å². The normalized spacial score (nSPS) is 10.0. The zero-order valence-electron chi connectivity index (χ0n) is 6.32. The molecule has 0 aliphatic heterocycles. The van der Waals surface area contributed by atoms with E-state index < -0.39 is 0 Å². The second-order valence-electron chi connectivity index (χ2n) is 2.44. The molecule has 0 amide bonds. The lowest BCUT2D eigenvalue weighted by Gasteiger charge is -1.94. The van der Waals surface area contributed by atoms with Crippen LogP contribution in [0.4, 0.5) is 5.69 Å². The minimum Gasteiger partial charge on any atom is -0.444 e. The van der Waals surface area contributed by atoms with Gasteiger partial charge in [0.25, 0.3) is 0 Å². The van der Waals surface area contributed by atoms with E-state index in [2.05, 4.69) is 4.98 Å². The van der Waals surface area contributed by atoms with Crippen molar-refractivity contribution < 1.29 is 4.42 Å². The predicted molar refractivity (Wildman–Crippen MR) is 44.7 cm³/mol. The largest absolute Gasteiger partial charge is 0.444 e. The highest BCUT2D eigenvalue weighted by molar-refractivity contribution is 5.58. The van der Waals surface area contributed by atoms with E-state index in [1.54, 1.807) is 18.3 Å². The summed E-state index contributed by atoms with van der Waals surface area (Å²) in [7, 11) is 0. The summed E-state index contributed by atoms with van der Waals surface area (Å²) >= 11 is 0. The highest BCUT2D eigenvalue weighted by atomic mass is 16.3. The molecule has 0 fully saturated rings. The van der Waals surface area contributed by atoms with Gasteiger partial charge in [-0.05, 0) is 24.3 Å². The lowest BCUT2D eigenvalue weighted by atomic mass is 10.2. The third-order valence-electron chi connectivity index (χ3n) is 1.60. The third-order valence-corrected chi connectivity index (χ3v) is 1.60. The summed E-state index contributed by atoms with van der Waals surface area (Å²) in [6.07, 6.45) is 3.04. The Labute approximate surface area is 69.8 Å². The second kappa shape index (κ2) is 2.70. The fourth-order valence-electron chi connectivity index (χ4n) is 0.993. The zero-order chi connectivity index (χ0) is 8.39. The van der Waals surface area contributed by atoms with Crippen molar-refractivity contribution in [2.75, 3.05) is 0 Å². The van der Waals surface area contributed by atoms with Gasteiger partial charge in [-0.25, -0.2) is 4.98 Å². The van der Waals surface area contributed by atoms with Crippen LogP contribution in [-0.4, -0.2) is 4.98 Å². The van der Waals surface area contributed by atoms with Crippen molar-refractivity contribution in [3.05, 3.63) is 36.9 Å². The van der Waals surface area contributed by atoms with Crippen LogP contribution in [0.2, 0.25) is 0 Å². The van der Waals surface area contributed by atoms with Crippen molar-refractivity contribution >= 4 is 5.69 Å². The summed E-state index contributed by atoms with van der Waals surface area (Å²) in [5.74, 6) is 0.731. The monoisotopic (exact) mass is 159 g/mol. The van der Waals surface area contributed by atoms with Crippen LogP contribution in [0.15, 0.2) is 41.3 Å². The minimum atomic E-state index is 0.498. The number of nitrogens with zero attached hydrogens (tertiary/aromatic N) is 1. The molecule has 0 saturated heterocycles. The molecule has 1 aromatic carbocycles. The summed E-state index contributed by atoms with van der Waals surface area (Å²) in [6, 6.07) is 7.11. The molecule has 2 rings (SSSR count). The van der Waals surface area contributed by atoms with Crippen LogP contribution >= 0.6 is 0 Å². The summed E-state index contributed by atoms with van der Waals surface area (Å²) < 4.78 is 5.09. The average Bonchev–Trinajstić information content (AvgIpc) is 2.58. The van der Waals surface area contributed by atoms with Crippen LogP contribution in [0.5, 0.6) is 0 Å². The van der Waals surface area contributed by atoms with Gasteiger partial charge in [0, 0.05) is 5.56 Å². The number of nitrogens with one attached hydrogen (secondary N) is 1. The van der Waals surface area contributed by atoms with Gasteiger partial charge in [-0.1, -0.05) is 0 Å². The molecule has 0 atom stereocenters. The molecular weight excluding hydrogens is 152 g/mol. The molecule has 0 aliphatic carbocycles. The molecule has 0 spiro atoms. The Kier molecular flexibility index (Phi) is 1.55. The van der Waals surface area contributed by atoms with E-state index in [1.165, 1.54) is 6.39 Å². The van der Waals surface area contributed by atoms with E-state index in [1.807, 2.05) is 12.1 Å². The lowest BCUT2D eigenvalue weighted by molar-refractivity contribution is 0.572. The Morgan fingerprint density at radius 2 is 1.92 bits per heavy atom. The zero-order valence-corrected chi connectivity index (χ0v) is 6.32. The third kappa shape index (κ3) is 1.16. The first-order chi connectivity index (χ1) is 5.86. The van der Waals surface area contributed by atoms with Crippen molar-refractivity contribution in [2.24, 2.45) is 0 Å². The predicted octanol–water partition coefficient (Wildman–Crippen LogP) is 2.26. The van der Waals surface area contributed by atoms with Crippen LogP contribution < -0.4 is 5.73 Å². The Hall–Kier alpha value is -1.77. The molecule has 0 bridgehead atoms. The maximum atomic E-state index is 7.27. The second-order valence-corrected chi connectivity index (χ2v) is 2.44. The molecule has 0 aliphatic rings. The van der Waals surface area contributed by atoms with Gasteiger partial charge < -0.3 is 10.2 Å². The van der Waals surface area contributed by atoms with E-state index in [9.17, 15) is 0 Å². The lowest BCUT2D eigenvalue weighted by Crippen LogP contribution is -1.73. The molecule has 3 heteroatoms. The molecule has 1 radical (unpaired) electrons. The molecule has 59 valence electrons. The topological polar surface area (TPSA) is 49.8 Å². The maximum Gasteiger partial charge on any atom is 0.181 e. The Bertz CT molecular complexity index is 351. The fourth-order valence-corrected chi connectivity index (χ4v) is 0.993.